The summed E-state index contributed by atoms with van der Waals surface area (Å²) in [7, 11) is 0. The molecule has 8 heavy (non-hydrogen) atoms. The van der Waals surface area contributed by atoms with Crippen LogP contribution in [0.15, 0.2) is 0 Å². The fourth-order valence-electron chi connectivity index (χ4n) is 1.10. The fourth-order valence-corrected chi connectivity index (χ4v) is 5.61. The Morgan fingerprint density at radius 2 is 1.50 bits per heavy atom. The third kappa shape index (κ3) is 0.546. The van der Waals surface area contributed by atoms with Crippen LogP contribution in [0.3, 0.4) is 0 Å². The van der Waals surface area contributed by atoms with E-state index < -0.39 is 17.1 Å². The van der Waals surface area contributed by atoms with Crippen LogP contribution in [0.2, 0.25) is 7.94 Å². The van der Waals surface area contributed by atoms with E-state index in [0.717, 1.165) is 0 Å². The van der Waals surface area contributed by atoms with Gasteiger partial charge in [-0.25, -0.2) is 0 Å². The zero-order chi connectivity index (χ0) is 6.58. The average Bonchev–Trinajstić information content (AvgIpc) is 1.88. The van der Waals surface area contributed by atoms with Gasteiger partial charge in [0.15, 0.2) is 0 Å². The molecular weight excluding hydrogens is 136 g/mol. The van der Waals surface area contributed by atoms with Crippen LogP contribution in [0.1, 0.15) is 20.8 Å². The van der Waals surface area contributed by atoms with Crippen LogP contribution < -0.4 is 8.43 Å². The molecule has 0 aromatic rings. The zero-order valence-electron chi connectivity index (χ0n) is 5.73. The van der Waals surface area contributed by atoms with Crippen molar-refractivity contribution in [1.29, 1.82) is 0 Å². The standard InChI is InChI=1S/C5H10.2H2N.Ti/c1-4-5(2)3;;;/h4H,1-3H3;2*1H2;/q;2*-1;+2. The normalized spacial score (nSPS) is 39.4. The first kappa shape index (κ1) is 6.75. The number of hydrogen-bond donors (Lipinski definition) is 2. The molecule has 1 aliphatic heterocycles. The first-order chi connectivity index (χ1) is 3.40. The Morgan fingerprint density at radius 1 is 1.38 bits per heavy atom. The summed E-state index contributed by atoms with van der Waals surface area (Å²) in [5.41, 5.74) is 0. The summed E-state index contributed by atoms with van der Waals surface area (Å²) in [6.45, 7) is 6.52. The Balaban J connectivity index is 2.72. The third-order valence-corrected chi connectivity index (χ3v) is 9.87. The Kier molecular flexibility index (Phi) is 1.16. The van der Waals surface area contributed by atoms with Crippen LogP contribution in [0.5, 0.6) is 0 Å². The number of hydrogen-bond acceptors (Lipinski definition) is 2. The Morgan fingerprint density at radius 3 is 1.50 bits per heavy atom. The van der Waals surface area contributed by atoms with Crippen LogP contribution in [0, 0.1) is 0 Å². The summed E-state index contributed by atoms with van der Waals surface area (Å²) in [6.07, 6.45) is 0. The number of nitrogens with two attached hydrogens (primary N) is 2. The quantitative estimate of drug-likeness (QED) is 0.504. The summed E-state index contributed by atoms with van der Waals surface area (Å²) >= 11 is -2.15. The monoisotopic (exact) mass is 150 g/mol. The summed E-state index contributed by atoms with van der Waals surface area (Å²) in [6, 6.07) is 0. The van der Waals surface area contributed by atoms with Crippen molar-refractivity contribution in [2.45, 2.75) is 28.7 Å². The Labute approximate surface area is 54.6 Å². The second-order valence-corrected chi connectivity index (χ2v) is 9.65. The van der Waals surface area contributed by atoms with Gasteiger partial charge in [-0.15, -0.1) is 0 Å². The van der Waals surface area contributed by atoms with E-state index >= 15 is 0 Å². The molecule has 0 saturated carbocycles. The molecule has 48 valence electrons. The molecule has 4 N–H and O–H groups in total. The van der Waals surface area contributed by atoms with Crippen LogP contribution in [0.4, 0.5) is 0 Å². The molecule has 0 aliphatic carbocycles. The molecule has 1 atom stereocenters. The first-order valence-corrected chi connectivity index (χ1v) is 6.47. The van der Waals surface area contributed by atoms with Crippen molar-refractivity contribution >= 4 is 0 Å². The van der Waals surface area contributed by atoms with Gasteiger partial charge in [0.25, 0.3) is 0 Å². The molecule has 1 fully saturated rings. The van der Waals surface area contributed by atoms with Crippen molar-refractivity contribution in [2.75, 3.05) is 0 Å². The second-order valence-electron chi connectivity index (χ2n) is 3.38. The van der Waals surface area contributed by atoms with E-state index in [0.29, 0.717) is 7.94 Å². The molecule has 0 aromatic carbocycles. The Hall–Kier alpha value is 0.634. The van der Waals surface area contributed by atoms with Gasteiger partial charge in [0.1, 0.15) is 0 Å². The molecule has 1 aliphatic rings. The molecule has 3 heteroatoms. The maximum atomic E-state index is 5.85. The molecular formula is C5H14N2Ti. The topological polar surface area (TPSA) is 52.0 Å². The van der Waals surface area contributed by atoms with Gasteiger partial charge >= 0.3 is 54.2 Å². The van der Waals surface area contributed by atoms with Crippen molar-refractivity contribution in [3.63, 3.8) is 0 Å². The van der Waals surface area contributed by atoms with Crippen molar-refractivity contribution < 1.29 is 17.1 Å². The minimum absolute atomic E-state index is 0.347. The van der Waals surface area contributed by atoms with Crippen molar-refractivity contribution in [3.8, 4) is 0 Å². The molecule has 1 saturated heterocycles. The minimum atomic E-state index is -2.15. The molecule has 2 nitrogen and oxygen atoms in total. The van der Waals surface area contributed by atoms with Gasteiger partial charge in [0.2, 0.25) is 0 Å². The molecule has 1 heterocycles. The van der Waals surface area contributed by atoms with Gasteiger partial charge < -0.3 is 0 Å². The van der Waals surface area contributed by atoms with Crippen LogP contribution in [-0.4, -0.2) is 0 Å². The summed E-state index contributed by atoms with van der Waals surface area (Å²) in [5, 5.41) is 0. The summed E-state index contributed by atoms with van der Waals surface area (Å²) < 4.78 is 12.7. The van der Waals surface area contributed by atoms with Gasteiger partial charge in [-0.3, -0.25) is 0 Å². The van der Waals surface area contributed by atoms with Crippen molar-refractivity contribution in [2.24, 2.45) is 8.43 Å². The molecule has 0 aromatic heterocycles. The van der Waals surface area contributed by atoms with E-state index in [1.165, 1.54) is 0 Å². The van der Waals surface area contributed by atoms with Crippen molar-refractivity contribution in [1.82, 2.24) is 0 Å². The third-order valence-electron chi connectivity index (χ3n) is 2.83. The van der Waals surface area contributed by atoms with E-state index in [2.05, 4.69) is 20.8 Å². The SMILES string of the molecule is C[CH]1[C](C)(C)[Ti]1([NH2])[NH2]. The van der Waals surface area contributed by atoms with E-state index in [1.807, 2.05) is 0 Å². The predicted molar refractivity (Wildman–Crippen MR) is 31.8 cm³/mol. The molecule has 0 amide bonds. The van der Waals surface area contributed by atoms with Gasteiger partial charge in [-0.05, 0) is 0 Å². The van der Waals surface area contributed by atoms with Gasteiger partial charge in [-0.2, -0.15) is 0 Å². The predicted octanol–water partition coefficient (Wildman–Crippen LogP) is 0.908. The van der Waals surface area contributed by atoms with Crippen molar-refractivity contribution in [3.05, 3.63) is 0 Å². The van der Waals surface area contributed by atoms with Gasteiger partial charge in [-0.1, -0.05) is 0 Å². The molecule has 0 bridgehead atoms. The van der Waals surface area contributed by atoms with Gasteiger partial charge in [0, 0.05) is 0 Å². The van der Waals surface area contributed by atoms with E-state index in [4.69, 9.17) is 8.43 Å². The van der Waals surface area contributed by atoms with Crippen LogP contribution >= 0.6 is 0 Å². The maximum absolute atomic E-state index is 5.85. The Bertz CT molecular complexity index is 106. The van der Waals surface area contributed by atoms with E-state index in [1.54, 1.807) is 0 Å². The molecule has 1 rings (SSSR count). The summed E-state index contributed by atoms with van der Waals surface area (Å²) in [4.78, 5) is 0. The van der Waals surface area contributed by atoms with Crippen LogP contribution in [-0.2, 0) is 17.1 Å². The fraction of sp³-hybridized carbons (Fsp3) is 1.00. The van der Waals surface area contributed by atoms with E-state index in [-0.39, 0.29) is 0 Å². The molecule has 0 radical (unpaired) electrons. The average molecular weight is 150 g/mol. The molecule has 1 unspecified atom stereocenters. The van der Waals surface area contributed by atoms with Gasteiger partial charge in [0.05, 0.1) is 0 Å². The first-order valence-electron chi connectivity index (χ1n) is 2.98. The van der Waals surface area contributed by atoms with E-state index in [9.17, 15) is 0 Å². The number of rotatable bonds is 0. The zero-order valence-corrected chi connectivity index (χ0v) is 7.29. The summed E-state index contributed by atoms with van der Waals surface area (Å²) in [5.74, 6) is 0. The van der Waals surface area contributed by atoms with Crippen LogP contribution in [0.25, 0.3) is 0 Å². The molecule has 0 spiro atoms. The second kappa shape index (κ2) is 1.37.